The number of benzene rings is 2. The number of phenols is 1. The molecule has 0 amide bonds. The van der Waals surface area contributed by atoms with Crippen molar-refractivity contribution in [2.45, 2.75) is 6.92 Å². The first-order valence-electron chi connectivity index (χ1n) is 8.94. The number of phenolic OH excluding ortho intramolecular Hbond substituents is 1. The lowest BCUT2D eigenvalue weighted by atomic mass is 9.97. The molecular formula is C23H17N3O2. The van der Waals surface area contributed by atoms with Gasteiger partial charge in [-0.1, -0.05) is 42.5 Å². The van der Waals surface area contributed by atoms with Crippen LogP contribution in [0.4, 0.5) is 0 Å². The van der Waals surface area contributed by atoms with Crippen LogP contribution in [-0.2, 0) is 0 Å². The third-order valence-corrected chi connectivity index (χ3v) is 4.45. The van der Waals surface area contributed by atoms with Gasteiger partial charge in [-0.25, -0.2) is 4.98 Å². The molecule has 2 aromatic carbocycles. The smallest absolute Gasteiger partial charge is 0.234 e. The molecule has 2 heterocycles. The summed E-state index contributed by atoms with van der Waals surface area (Å²) in [6.45, 7) is 2.24. The molecule has 1 N–H and O–H groups in total. The second-order valence-corrected chi connectivity index (χ2v) is 6.16. The van der Waals surface area contributed by atoms with Crippen molar-refractivity contribution in [1.82, 2.24) is 9.97 Å². The molecule has 136 valence electrons. The average molecular weight is 367 g/mol. The van der Waals surface area contributed by atoms with Gasteiger partial charge in [0.2, 0.25) is 5.88 Å². The zero-order chi connectivity index (χ0) is 19.5. The van der Waals surface area contributed by atoms with Crippen molar-refractivity contribution in [1.29, 1.82) is 5.26 Å². The van der Waals surface area contributed by atoms with E-state index in [1.165, 1.54) is 0 Å². The molecule has 0 fully saturated rings. The molecule has 4 aromatic rings. The fraction of sp³-hybridized carbons (Fsp3) is 0.0870. The third kappa shape index (κ3) is 3.01. The van der Waals surface area contributed by atoms with Crippen LogP contribution in [-0.4, -0.2) is 21.7 Å². The molecule has 0 spiro atoms. The van der Waals surface area contributed by atoms with E-state index in [1.807, 2.05) is 55.5 Å². The number of hydrogen-bond donors (Lipinski definition) is 1. The van der Waals surface area contributed by atoms with Crippen molar-refractivity contribution in [2.75, 3.05) is 6.61 Å². The number of nitrogens with zero attached hydrogens (tertiary/aromatic N) is 3. The zero-order valence-corrected chi connectivity index (χ0v) is 15.3. The number of ether oxygens (including phenoxy) is 1. The first-order chi connectivity index (χ1) is 13.7. The molecule has 0 unspecified atom stereocenters. The standard InChI is InChI=1S/C23H17N3O2/c1-2-28-23-18(14-24)21(15-8-4-3-5-9-15)17-12-13-19(25-22(17)26-23)16-10-6-7-11-20(16)27/h3-13,27H,2H2,1H3. The van der Waals surface area contributed by atoms with Crippen LogP contribution in [0.25, 0.3) is 33.4 Å². The van der Waals surface area contributed by atoms with Gasteiger partial charge in [-0.3, -0.25) is 0 Å². The summed E-state index contributed by atoms with van der Waals surface area (Å²) in [5.41, 5.74) is 3.70. The van der Waals surface area contributed by atoms with E-state index in [9.17, 15) is 10.4 Å². The molecule has 28 heavy (non-hydrogen) atoms. The summed E-state index contributed by atoms with van der Waals surface area (Å²) in [7, 11) is 0. The van der Waals surface area contributed by atoms with Gasteiger partial charge in [-0.2, -0.15) is 10.2 Å². The van der Waals surface area contributed by atoms with E-state index < -0.39 is 0 Å². The Balaban J connectivity index is 2.03. The van der Waals surface area contributed by atoms with E-state index >= 15 is 0 Å². The van der Waals surface area contributed by atoms with Crippen molar-refractivity contribution < 1.29 is 9.84 Å². The highest BCUT2D eigenvalue weighted by atomic mass is 16.5. The van der Waals surface area contributed by atoms with Crippen molar-refractivity contribution in [3.05, 3.63) is 72.3 Å². The predicted octanol–water partition coefficient (Wildman–Crippen LogP) is 4.94. The molecular weight excluding hydrogens is 350 g/mol. The molecule has 2 aromatic heterocycles. The number of nitriles is 1. The average Bonchev–Trinajstić information content (AvgIpc) is 2.73. The highest BCUT2D eigenvalue weighted by Gasteiger charge is 2.19. The summed E-state index contributed by atoms with van der Waals surface area (Å²) < 4.78 is 5.64. The van der Waals surface area contributed by atoms with E-state index in [0.29, 0.717) is 29.1 Å². The van der Waals surface area contributed by atoms with Crippen molar-refractivity contribution in [3.8, 4) is 40.1 Å². The highest BCUT2D eigenvalue weighted by molar-refractivity contribution is 5.97. The second-order valence-electron chi connectivity index (χ2n) is 6.16. The van der Waals surface area contributed by atoms with Crippen LogP contribution >= 0.6 is 0 Å². The Morgan fingerprint density at radius 1 is 0.964 bits per heavy atom. The summed E-state index contributed by atoms with van der Waals surface area (Å²) in [5.74, 6) is 0.412. The SMILES string of the molecule is CCOc1nc2nc(-c3ccccc3O)ccc2c(-c2ccccc2)c1C#N. The van der Waals surface area contributed by atoms with Crippen LogP contribution < -0.4 is 4.74 Å². The first kappa shape index (κ1) is 17.5. The molecule has 0 aliphatic carbocycles. The van der Waals surface area contributed by atoms with Crippen LogP contribution in [0.2, 0.25) is 0 Å². The van der Waals surface area contributed by atoms with E-state index in [1.54, 1.807) is 18.2 Å². The largest absolute Gasteiger partial charge is 0.507 e. The van der Waals surface area contributed by atoms with E-state index in [4.69, 9.17) is 4.74 Å². The van der Waals surface area contributed by atoms with Gasteiger partial charge in [0.05, 0.1) is 12.3 Å². The Kier molecular flexibility index (Phi) is 4.61. The molecule has 0 saturated heterocycles. The lowest BCUT2D eigenvalue weighted by molar-refractivity contribution is 0.327. The van der Waals surface area contributed by atoms with Crippen molar-refractivity contribution >= 4 is 11.0 Å². The van der Waals surface area contributed by atoms with Crippen LogP contribution in [0.1, 0.15) is 12.5 Å². The second kappa shape index (κ2) is 7.37. The number of para-hydroxylation sites is 1. The predicted molar refractivity (Wildman–Crippen MR) is 108 cm³/mol. The summed E-state index contributed by atoms with van der Waals surface area (Å²) in [4.78, 5) is 9.15. The Hall–Kier alpha value is -3.91. The highest BCUT2D eigenvalue weighted by Crippen LogP contribution is 2.37. The fourth-order valence-electron chi connectivity index (χ4n) is 3.21. The molecule has 5 heteroatoms. The van der Waals surface area contributed by atoms with E-state index in [0.717, 1.165) is 16.5 Å². The molecule has 4 rings (SSSR count). The third-order valence-electron chi connectivity index (χ3n) is 4.45. The number of aromatic nitrogens is 2. The summed E-state index contributed by atoms with van der Waals surface area (Å²) in [6, 6.07) is 22.6. The molecule has 0 radical (unpaired) electrons. The van der Waals surface area contributed by atoms with Gasteiger partial charge in [-0.05, 0) is 36.8 Å². The Bertz CT molecular complexity index is 1200. The summed E-state index contributed by atoms with van der Waals surface area (Å²) in [6.07, 6.45) is 0. The van der Waals surface area contributed by atoms with Crippen LogP contribution in [0, 0.1) is 11.3 Å². The maximum Gasteiger partial charge on any atom is 0.234 e. The molecule has 0 saturated carbocycles. The quantitative estimate of drug-likeness (QED) is 0.553. The molecule has 5 nitrogen and oxygen atoms in total. The fourth-order valence-corrected chi connectivity index (χ4v) is 3.21. The van der Waals surface area contributed by atoms with Gasteiger partial charge in [0, 0.05) is 16.5 Å². The monoisotopic (exact) mass is 367 g/mol. The number of fused-ring (bicyclic) bond motifs is 1. The lowest BCUT2D eigenvalue weighted by Crippen LogP contribution is -2.02. The molecule has 0 atom stereocenters. The zero-order valence-electron chi connectivity index (χ0n) is 15.3. The minimum atomic E-state index is 0.149. The normalized spacial score (nSPS) is 10.6. The first-order valence-corrected chi connectivity index (χ1v) is 8.94. The Morgan fingerprint density at radius 3 is 2.43 bits per heavy atom. The van der Waals surface area contributed by atoms with Crippen LogP contribution in [0.15, 0.2) is 66.7 Å². The van der Waals surface area contributed by atoms with Crippen molar-refractivity contribution in [2.24, 2.45) is 0 Å². The number of rotatable bonds is 4. The van der Waals surface area contributed by atoms with Gasteiger partial charge in [0.25, 0.3) is 0 Å². The summed E-state index contributed by atoms with van der Waals surface area (Å²) in [5, 5.41) is 20.7. The minimum absolute atomic E-state index is 0.149. The van der Waals surface area contributed by atoms with Gasteiger partial charge in [0.15, 0.2) is 5.65 Å². The van der Waals surface area contributed by atoms with Gasteiger partial charge >= 0.3 is 0 Å². The van der Waals surface area contributed by atoms with Crippen molar-refractivity contribution in [3.63, 3.8) is 0 Å². The van der Waals surface area contributed by atoms with Gasteiger partial charge in [0.1, 0.15) is 17.4 Å². The number of aromatic hydroxyl groups is 1. The molecule has 0 aliphatic heterocycles. The lowest BCUT2D eigenvalue weighted by Gasteiger charge is -2.13. The van der Waals surface area contributed by atoms with E-state index in [-0.39, 0.29) is 11.6 Å². The Morgan fingerprint density at radius 2 is 1.71 bits per heavy atom. The molecule has 0 aliphatic rings. The van der Waals surface area contributed by atoms with E-state index in [2.05, 4.69) is 16.0 Å². The maximum atomic E-state index is 10.2. The number of hydrogen-bond acceptors (Lipinski definition) is 5. The van der Waals surface area contributed by atoms with Gasteiger partial charge < -0.3 is 9.84 Å². The maximum absolute atomic E-state index is 10.2. The van der Waals surface area contributed by atoms with Gasteiger partial charge in [-0.15, -0.1) is 0 Å². The van der Waals surface area contributed by atoms with Crippen LogP contribution in [0.3, 0.4) is 0 Å². The minimum Gasteiger partial charge on any atom is -0.507 e. The Labute approximate surface area is 162 Å². The number of pyridine rings is 2. The topological polar surface area (TPSA) is 79.0 Å². The molecule has 0 bridgehead atoms. The van der Waals surface area contributed by atoms with Crippen LogP contribution in [0.5, 0.6) is 11.6 Å². The summed E-state index contributed by atoms with van der Waals surface area (Å²) >= 11 is 0.